The molecule has 0 N–H and O–H groups in total. The van der Waals surface area contributed by atoms with Crippen molar-refractivity contribution in [3.8, 4) is 11.3 Å². The fourth-order valence-electron chi connectivity index (χ4n) is 3.08. The molecule has 0 spiro atoms. The molecule has 0 aliphatic rings. The monoisotopic (exact) mass is 323 g/mol. The highest BCUT2D eigenvalue weighted by atomic mass is 14.7. The lowest BCUT2D eigenvalue weighted by Crippen LogP contribution is -1.90. The van der Waals surface area contributed by atoms with E-state index < -0.39 is 0 Å². The Labute approximate surface area is 148 Å². The van der Waals surface area contributed by atoms with E-state index in [1.165, 1.54) is 74.5 Å². The first-order valence-electron chi connectivity index (χ1n) is 9.87. The SMILES string of the molecule is CCCCCCCCc1ccc(-c2ccc(CCCC)cn2)cc1. The van der Waals surface area contributed by atoms with Gasteiger partial charge >= 0.3 is 0 Å². The first-order chi connectivity index (χ1) is 11.8. The Morgan fingerprint density at radius 2 is 1.25 bits per heavy atom. The summed E-state index contributed by atoms with van der Waals surface area (Å²) in [5, 5.41) is 0. The maximum absolute atomic E-state index is 4.64. The predicted molar refractivity (Wildman–Crippen MR) is 105 cm³/mol. The standard InChI is InChI=1S/C23H33N/c1-3-5-7-8-9-10-12-20-13-16-22(17-14-20)23-18-15-21(19-24-23)11-6-4-2/h13-19H,3-12H2,1-2H3. The summed E-state index contributed by atoms with van der Waals surface area (Å²) in [6.45, 7) is 4.50. The molecule has 0 aliphatic heterocycles. The Kier molecular flexibility index (Phi) is 8.59. The fraction of sp³-hybridized carbons (Fsp3) is 0.522. The van der Waals surface area contributed by atoms with Crippen molar-refractivity contribution in [1.29, 1.82) is 0 Å². The highest BCUT2D eigenvalue weighted by Gasteiger charge is 2.01. The quantitative estimate of drug-likeness (QED) is 0.406. The Morgan fingerprint density at radius 1 is 0.625 bits per heavy atom. The molecule has 2 rings (SSSR count). The van der Waals surface area contributed by atoms with Gasteiger partial charge in [-0.3, -0.25) is 4.98 Å². The third kappa shape index (κ3) is 6.47. The van der Waals surface area contributed by atoms with Crippen LogP contribution in [0, 0.1) is 0 Å². The molecule has 0 unspecified atom stereocenters. The van der Waals surface area contributed by atoms with Crippen molar-refractivity contribution in [3.05, 3.63) is 53.7 Å². The summed E-state index contributed by atoms with van der Waals surface area (Å²) >= 11 is 0. The molecule has 0 radical (unpaired) electrons. The van der Waals surface area contributed by atoms with Crippen LogP contribution in [-0.2, 0) is 12.8 Å². The number of hydrogen-bond donors (Lipinski definition) is 0. The Morgan fingerprint density at radius 3 is 1.92 bits per heavy atom. The minimum absolute atomic E-state index is 1.08. The second kappa shape index (κ2) is 11.0. The van der Waals surface area contributed by atoms with Crippen molar-refractivity contribution in [3.63, 3.8) is 0 Å². The van der Waals surface area contributed by atoms with Crippen molar-refractivity contribution < 1.29 is 0 Å². The molecule has 2 aromatic rings. The Hall–Kier alpha value is -1.63. The minimum atomic E-state index is 1.08. The van der Waals surface area contributed by atoms with E-state index in [2.05, 4.69) is 55.2 Å². The summed E-state index contributed by atoms with van der Waals surface area (Å²) in [6, 6.07) is 13.4. The number of aryl methyl sites for hydroxylation is 2. The van der Waals surface area contributed by atoms with Crippen LogP contribution in [0.1, 0.15) is 76.3 Å². The smallest absolute Gasteiger partial charge is 0.0702 e. The molecule has 1 aromatic heterocycles. The zero-order chi connectivity index (χ0) is 17.0. The Bertz CT molecular complexity index is 554. The average Bonchev–Trinajstić information content (AvgIpc) is 2.64. The van der Waals surface area contributed by atoms with Gasteiger partial charge in [-0.05, 0) is 42.9 Å². The summed E-state index contributed by atoms with van der Waals surface area (Å²) in [5.41, 5.74) is 5.11. The van der Waals surface area contributed by atoms with E-state index in [-0.39, 0.29) is 0 Å². The topological polar surface area (TPSA) is 12.9 Å². The lowest BCUT2D eigenvalue weighted by Gasteiger charge is -2.06. The van der Waals surface area contributed by atoms with Crippen LogP contribution in [0.5, 0.6) is 0 Å². The highest BCUT2D eigenvalue weighted by Crippen LogP contribution is 2.19. The van der Waals surface area contributed by atoms with Crippen LogP contribution in [0.15, 0.2) is 42.6 Å². The molecule has 0 bridgehead atoms. The molecular weight excluding hydrogens is 290 g/mol. The third-order valence-electron chi connectivity index (χ3n) is 4.71. The van der Waals surface area contributed by atoms with E-state index in [4.69, 9.17) is 0 Å². The van der Waals surface area contributed by atoms with E-state index in [0.29, 0.717) is 0 Å². The van der Waals surface area contributed by atoms with Crippen molar-refractivity contribution in [2.24, 2.45) is 0 Å². The van der Waals surface area contributed by atoms with Gasteiger partial charge in [0, 0.05) is 11.8 Å². The summed E-state index contributed by atoms with van der Waals surface area (Å²) in [4.78, 5) is 4.64. The van der Waals surface area contributed by atoms with Crippen molar-refractivity contribution in [2.75, 3.05) is 0 Å². The minimum Gasteiger partial charge on any atom is -0.256 e. The van der Waals surface area contributed by atoms with Gasteiger partial charge in [0.2, 0.25) is 0 Å². The van der Waals surface area contributed by atoms with E-state index >= 15 is 0 Å². The van der Waals surface area contributed by atoms with Gasteiger partial charge in [0.1, 0.15) is 0 Å². The number of rotatable bonds is 11. The van der Waals surface area contributed by atoms with Gasteiger partial charge in [0.05, 0.1) is 5.69 Å². The fourth-order valence-corrected chi connectivity index (χ4v) is 3.08. The zero-order valence-corrected chi connectivity index (χ0v) is 15.6. The van der Waals surface area contributed by atoms with Gasteiger partial charge in [0.15, 0.2) is 0 Å². The molecule has 0 amide bonds. The maximum atomic E-state index is 4.64. The van der Waals surface area contributed by atoms with Crippen LogP contribution < -0.4 is 0 Å². The number of unbranched alkanes of at least 4 members (excludes halogenated alkanes) is 6. The first-order valence-corrected chi connectivity index (χ1v) is 9.87. The molecule has 0 saturated carbocycles. The van der Waals surface area contributed by atoms with Crippen LogP contribution >= 0.6 is 0 Å². The second-order valence-electron chi connectivity index (χ2n) is 6.87. The zero-order valence-electron chi connectivity index (χ0n) is 15.6. The van der Waals surface area contributed by atoms with Gasteiger partial charge < -0.3 is 0 Å². The van der Waals surface area contributed by atoms with Crippen molar-refractivity contribution in [1.82, 2.24) is 4.98 Å². The molecule has 0 fully saturated rings. The van der Waals surface area contributed by atoms with Crippen molar-refractivity contribution >= 4 is 0 Å². The molecule has 0 aliphatic carbocycles. The average molecular weight is 324 g/mol. The number of aromatic nitrogens is 1. The number of hydrogen-bond acceptors (Lipinski definition) is 1. The summed E-state index contributed by atoms with van der Waals surface area (Å²) in [6.07, 6.45) is 15.0. The molecule has 1 heteroatoms. The predicted octanol–water partition coefficient (Wildman–Crippen LogP) is 6.99. The van der Waals surface area contributed by atoms with Gasteiger partial charge in [-0.1, -0.05) is 82.7 Å². The van der Waals surface area contributed by atoms with E-state index in [0.717, 1.165) is 12.1 Å². The first kappa shape index (κ1) is 18.7. The van der Waals surface area contributed by atoms with Gasteiger partial charge in [0.25, 0.3) is 0 Å². The van der Waals surface area contributed by atoms with Gasteiger partial charge in [-0.15, -0.1) is 0 Å². The highest BCUT2D eigenvalue weighted by molar-refractivity contribution is 5.59. The van der Waals surface area contributed by atoms with Crippen LogP contribution in [-0.4, -0.2) is 4.98 Å². The van der Waals surface area contributed by atoms with E-state index in [1.54, 1.807) is 0 Å². The van der Waals surface area contributed by atoms with Crippen LogP contribution in [0.4, 0.5) is 0 Å². The molecular formula is C23H33N. The van der Waals surface area contributed by atoms with Crippen molar-refractivity contribution in [2.45, 2.75) is 78.1 Å². The summed E-state index contributed by atoms with van der Waals surface area (Å²) < 4.78 is 0. The molecule has 0 saturated heterocycles. The van der Waals surface area contributed by atoms with Gasteiger partial charge in [-0.25, -0.2) is 0 Å². The van der Waals surface area contributed by atoms with Crippen LogP contribution in [0.2, 0.25) is 0 Å². The summed E-state index contributed by atoms with van der Waals surface area (Å²) in [5.74, 6) is 0. The van der Waals surface area contributed by atoms with E-state index in [1.807, 2.05) is 6.20 Å². The lowest BCUT2D eigenvalue weighted by molar-refractivity contribution is 0.607. The number of benzene rings is 1. The molecule has 0 atom stereocenters. The molecule has 1 nitrogen and oxygen atoms in total. The largest absolute Gasteiger partial charge is 0.256 e. The number of nitrogens with zero attached hydrogens (tertiary/aromatic N) is 1. The summed E-state index contributed by atoms with van der Waals surface area (Å²) in [7, 11) is 0. The second-order valence-corrected chi connectivity index (χ2v) is 6.87. The normalized spacial score (nSPS) is 10.9. The van der Waals surface area contributed by atoms with Crippen LogP contribution in [0.25, 0.3) is 11.3 Å². The maximum Gasteiger partial charge on any atom is 0.0702 e. The molecule has 1 aromatic carbocycles. The lowest BCUT2D eigenvalue weighted by atomic mass is 10.0. The van der Waals surface area contributed by atoms with Gasteiger partial charge in [-0.2, -0.15) is 0 Å². The van der Waals surface area contributed by atoms with E-state index in [9.17, 15) is 0 Å². The molecule has 1 heterocycles. The number of pyridine rings is 1. The molecule has 130 valence electrons. The Balaban J connectivity index is 1.80. The third-order valence-corrected chi connectivity index (χ3v) is 4.71. The van der Waals surface area contributed by atoms with Crippen LogP contribution in [0.3, 0.4) is 0 Å². The molecule has 24 heavy (non-hydrogen) atoms.